The predicted molar refractivity (Wildman–Crippen MR) is 127 cm³/mol. The molecule has 1 amide bonds. The smallest absolute Gasteiger partial charge is 0.224 e. The first kappa shape index (κ1) is 26.6. The third kappa shape index (κ3) is 12.2. The molecule has 0 bridgehead atoms. The van der Waals surface area contributed by atoms with E-state index >= 15 is 0 Å². The van der Waals surface area contributed by atoms with Gasteiger partial charge >= 0.3 is 0 Å². The zero-order valence-electron chi connectivity index (χ0n) is 17.6. The number of carbonyl (C=O) groups is 1. The van der Waals surface area contributed by atoms with Gasteiger partial charge in [-0.3, -0.25) is 9.79 Å². The molecule has 28 heavy (non-hydrogen) atoms. The summed E-state index contributed by atoms with van der Waals surface area (Å²) in [7, 11) is 0. The van der Waals surface area contributed by atoms with Gasteiger partial charge in [-0.05, 0) is 39.2 Å². The Labute approximate surface area is 187 Å². The summed E-state index contributed by atoms with van der Waals surface area (Å²) in [6.45, 7) is 11.1. The lowest BCUT2D eigenvalue weighted by Gasteiger charge is -2.19. The first-order valence-electron chi connectivity index (χ1n) is 10.1. The standard InChI is InChI=1S/C21H36N4O2.HI/c1-4-22-21(24-16-14-20(26)25(5-2)6-3)23-15-10-11-17-27-18-19-12-8-7-9-13-19;/h7-9,12-13H,4-6,10-11,14-18H2,1-3H3,(H2,22,23,24);1H. The Balaban J connectivity index is 0.00000729. The number of unbranched alkanes of at least 4 members (excludes halogenated alkanes) is 1. The molecule has 0 radical (unpaired) electrons. The molecular formula is C21H37IN4O2. The minimum Gasteiger partial charge on any atom is -0.377 e. The highest BCUT2D eigenvalue weighted by molar-refractivity contribution is 14.0. The van der Waals surface area contributed by atoms with Gasteiger partial charge in [0, 0.05) is 45.8 Å². The zero-order valence-corrected chi connectivity index (χ0v) is 19.9. The Bertz CT molecular complexity index is 536. The van der Waals surface area contributed by atoms with Crippen LogP contribution in [0.2, 0.25) is 0 Å². The number of hydrogen-bond acceptors (Lipinski definition) is 3. The van der Waals surface area contributed by atoms with Gasteiger partial charge < -0.3 is 20.3 Å². The zero-order chi connectivity index (χ0) is 19.7. The molecule has 0 atom stereocenters. The maximum Gasteiger partial charge on any atom is 0.224 e. The summed E-state index contributed by atoms with van der Waals surface area (Å²) in [6, 6.07) is 10.2. The third-order valence-electron chi connectivity index (χ3n) is 4.17. The molecule has 160 valence electrons. The molecule has 2 N–H and O–H groups in total. The van der Waals surface area contributed by atoms with Crippen LogP contribution in [0.3, 0.4) is 0 Å². The van der Waals surface area contributed by atoms with E-state index in [2.05, 4.69) is 27.8 Å². The highest BCUT2D eigenvalue weighted by Crippen LogP contribution is 2.01. The molecule has 0 aromatic heterocycles. The highest BCUT2D eigenvalue weighted by Gasteiger charge is 2.08. The van der Waals surface area contributed by atoms with Gasteiger partial charge in [-0.2, -0.15) is 0 Å². The van der Waals surface area contributed by atoms with Crippen molar-refractivity contribution in [1.29, 1.82) is 0 Å². The average molecular weight is 504 g/mol. The van der Waals surface area contributed by atoms with E-state index in [-0.39, 0.29) is 29.9 Å². The SMILES string of the molecule is CCNC(=NCCCCOCc1ccccc1)NCCC(=O)N(CC)CC.I. The van der Waals surface area contributed by atoms with Crippen molar-refractivity contribution in [3.63, 3.8) is 0 Å². The first-order chi connectivity index (χ1) is 13.2. The molecule has 0 aliphatic heterocycles. The monoisotopic (exact) mass is 504 g/mol. The van der Waals surface area contributed by atoms with Gasteiger partial charge in [-0.25, -0.2) is 0 Å². The van der Waals surface area contributed by atoms with E-state index < -0.39 is 0 Å². The molecule has 0 saturated carbocycles. The van der Waals surface area contributed by atoms with Crippen molar-refractivity contribution in [1.82, 2.24) is 15.5 Å². The molecule has 1 rings (SSSR count). The molecule has 0 heterocycles. The van der Waals surface area contributed by atoms with Crippen LogP contribution in [0.25, 0.3) is 0 Å². The van der Waals surface area contributed by atoms with Crippen molar-refractivity contribution in [2.75, 3.05) is 39.3 Å². The van der Waals surface area contributed by atoms with E-state index in [1.54, 1.807) is 0 Å². The summed E-state index contributed by atoms with van der Waals surface area (Å²) >= 11 is 0. The second kappa shape index (κ2) is 17.7. The van der Waals surface area contributed by atoms with Crippen molar-refractivity contribution in [2.24, 2.45) is 4.99 Å². The number of nitrogens with zero attached hydrogens (tertiary/aromatic N) is 2. The number of halogens is 1. The fourth-order valence-electron chi connectivity index (χ4n) is 2.64. The predicted octanol–water partition coefficient (Wildman–Crippen LogP) is 3.42. The van der Waals surface area contributed by atoms with Crippen LogP contribution in [0.5, 0.6) is 0 Å². The van der Waals surface area contributed by atoms with Crippen LogP contribution in [-0.2, 0) is 16.1 Å². The molecule has 0 fully saturated rings. The second-order valence-corrected chi connectivity index (χ2v) is 6.25. The van der Waals surface area contributed by atoms with Crippen molar-refractivity contribution in [3.05, 3.63) is 35.9 Å². The van der Waals surface area contributed by atoms with Crippen LogP contribution < -0.4 is 10.6 Å². The Hall–Kier alpha value is -1.35. The quantitative estimate of drug-likeness (QED) is 0.187. The van der Waals surface area contributed by atoms with E-state index in [1.807, 2.05) is 43.9 Å². The Morgan fingerprint density at radius 1 is 1.07 bits per heavy atom. The summed E-state index contributed by atoms with van der Waals surface area (Å²) < 4.78 is 5.69. The molecule has 0 aliphatic carbocycles. The van der Waals surface area contributed by atoms with Crippen LogP contribution >= 0.6 is 24.0 Å². The van der Waals surface area contributed by atoms with Crippen molar-refractivity contribution in [3.8, 4) is 0 Å². The fourth-order valence-corrected chi connectivity index (χ4v) is 2.64. The first-order valence-corrected chi connectivity index (χ1v) is 10.1. The number of carbonyl (C=O) groups excluding carboxylic acids is 1. The van der Waals surface area contributed by atoms with E-state index in [0.29, 0.717) is 19.6 Å². The molecule has 7 heteroatoms. The highest BCUT2D eigenvalue weighted by atomic mass is 127. The van der Waals surface area contributed by atoms with Gasteiger partial charge in [-0.1, -0.05) is 30.3 Å². The largest absolute Gasteiger partial charge is 0.377 e. The van der Waals surface area contributed by atoms with Gasteiger partial charge in [0.1, 0.15) is 0 Å². The number of hydrogen-bond donors (Lipinski definition) is 2. The fraction of sp³-hybridized carbons (Fsp3) is 0.619. The van der Waals surface area contributed by atoms with Crippen molar-refractivity contribution in [2.45, 2.75) is 46.6 Å². The minimum absolute atomic E-state index is 0. The lowest BCUT2D eigenvalue weighted by Crippen LogP contribution is -2.40. The lowest BCUT2D eigenvalue weighted by atomic mass is 10.2. The van der Waals surface area contributed by atoms with Gasteiger partial charge in [0.15, 0.2) is 5.96 Å². The number of benzene rings is 1. The maximum absolute atomic E-state index is 12.0. The van der Waals surface area contributed by atoms with Gasteiger partial charge in [0.25, 0.3) is 0 Å². The van der Waals surface area contributed by atoms with E-state index in [1.165, 1.54) is 5.56 Å². The lowest BCUT2D eigenvalue weighted by molar-refractivity contribution is -0.130. The normalized spacial score (nSPS) is 10.9. The number of aliphatic imine (C=N–C) groups is 1. The van der Waals surface area contributed by atoms with E-state index in [0.717, 1.165) is 51.6 Å². The summed E-state index contributed by atoms with van der Waals surface area (Å²) in [5.41, 5.74) is 1.20. The molecule has 1 aromatic rings. The van der Waals surface area contributed by atoms with Crippen molar-refractivity contribution >= 4 is 35.8 Å². The summed E-state index contributed by atoms with van der Waals surface area (Å²) in [5, 5.41) is 6.46. The second-order valence-electron chi connectivity index (χ2n) is 6.25. The van der Waals surface area contributed by atoms with Gasteiger partial charge in [-0.15, -0.1) is 24.0 Å². The summed E-state index contributed by atoms with van der Waals surface area (Å²) in [6.07, 6.45) is 2.44. The number of amides is 1. The topological polar surface area (TPSA) is 66.0 Å². The molecule has 1 aromatic carbocycles. The molecule has 6 nitrogen and oxygen atoms in total. The Kier molecular flexibility index (Phi) is 16.9. The Morgan fingerprint density at radius 3 is 2.43 bits per heavy atom. The summed E-state index contributed by atoms with van der Waals surface area (Å²) in [5.74, 6) is 0.953. The number of rotatable bonds is 13. The number of nitrogens with one attached hydrogen (secondary N) is 2. The van der Waals surface area contributed by atoms with Crippen LogP contribution in [0.15, 0.2) is 35.3 Å². The van der Waals surface area contributed by atoms with E-state index in [4.69, 9.17) is 4.74 Å². The number of ether oxygens (including phenoxy) is 1. The van der Waals surface area contributed by atoms with Gasteiger partial charge in [0.05, 0.1) is 6.61 Å². The molecule has 0 aliphatic rings. The van der Waals surface area contributed by atoms with Crippen LogP contribution in [0.1, 0.15) is 45.6 Å². The van der Waals surface area contributed by atoms with Crippen molar-refractivity contribution < 1.29 is 9.53 Å². The average Bonchev–Trinajstić information content (AvgIpc) is 2.69. The third-order valence-corrected chi connectivity index (χ3v) is 4.17. The van der Waals surface area contributed by atoms with Crippen LogP contribution in [0, 0.1) is 0 Å². The molecular weight excluding hydrogens is 467 g/mol. The molecule has 0 unspecified atom stereocenters. The molecule has 0 saturated heterocycles. The maximum atomic E-state index is 12.0. The van der Waals surface area contributed by atoms with Crippen LogP contribution in [-0.4, -0.2) is 56.1 Å². The minimum atomic E-state index is 0. The van der Waals surface area contributed by atoms with E-state index in [9.17, 15) is 4.79 Å². The van der Waals surface area contributed by atoms with Crippen LogP contribution in [0.4, 0.5) is 0 Å². The Morgan fingerprint density at radius 2 is 1.79 bits per heavy atom. The summed E-state index contributed by atoms with van der Waals surface area (Å²) in [4.78, 5) is 18.4. The van der Waals surface area contributed by atoms with Gasteiger partial charge in [0.2, 0.25) is 5.91 Å². The molecule has 0 spiro atoms. The number of guanidine groups is 1.